The molecule has 0 amide bonds. The number of nitrogens with two attached hydrogens (primary N) is 1. The SMILES string of the molecule is CC1OCCC(N)[C@H]1O. The third kappa shape index (κ3) is 1.41. The molecule has 0 bridgehead atoms. The Morgan fingerprint density at radius 2 is 2.33 bits per heavy atom. The van der Waals surface area contributed by atoms with Crippen molar-refractivity contribution < 1.29 is 9.84 Å². The van der Waals surface area contributed by atoms with Crippen LogP contribution in [-0.2, 0) is 4.74 Å². The van der Waals surface area contributed by atoms with Crippen LogP contribution >= 0.6 is 0 Å². The average Bonchev–Trinajstić information content (AvgIpc) is 1.83. The van der Waals surface area contributed by atoms with Gasteiger partial charge in [0.05, 0.1) is 12.2 Å². The van der Waals surface area contributed by atoms with Crippen LogP contribution in [0, 0.1) is 0 Å². The zero-order valence-electron chi connectivity index (χ0n) is 5.58. The van der Waals surface area contributed by atoms with Gasteiger partial charge in [-0.2, -0.15) is 0 Å². The van der Waals surface area contributed by atoms with Crippen LogP contribution in [0.2, 0.25) is 0 Å². The average molecular weight is 131 g/mol. The highest BCUT2D eigenvalue weighted by atomic mass is 16.5. The third-order valence-electron chi connectivity index (χ3n) is 1.75. The molecule has 0 aromatic carbocycles. The second kappa shape index (κ2) is 2.64. The normalized spacial score (nSPS) is 45.0. The molecule has 1 fully saturated rings. The Bertz CT molecular complexity index is 87.1. The highest BCUT2D eigenvalue weighted by Gasteiger charge is 2.26. The van der Waals surface area contributed by atoms with Gasteiger partial charge in [-0.15, -0.1) is 0 Å². The van der Waals surface area contributed by atoms with Gasteiger partial charge in [-0.1, -0.05) is 0 Å². The van der Waals surface area contributed by atoms with Crippen molar-refractivity contribution >= 4 is 0 Å². The first kappa shape index (κ1) is 6.99. The van der Waals surface area contributed by atoms with E-state index in [4.69, 9.17) is 10.5 Å². The number of aliphatic hydroxyl groups excluding tert-OH is 1. The van der Waals surface area contributed by atoms with Crippen molar-refractivity contribution in [3.05, 3.63) is 0 Å². The molecule has 0 spiro atoms. The molecule has 0 saturated carbocycles. The van der Waals surface area contributed by atoms with Crippen molar-refractivity contribution in [3.63, 3.8) is 0 Å². The van der Waals surface area contributed by atoms with Gasteiger partial charge < -0.3 is 15.6 Å². The van der Waals surface area contributed by atoms with Crippen molar-refractivity contribution in [2.45, 2.75) is 31.6 Å². The first-order chi connectivity index (χ1) is 4.22. The highest BCUT2D eigenvalue weighted by Crippen LogP contribution is 2.11. The summed E-state index contributed by atoms with van der Waals surface area (Å²) in [5, 5.41) is 9.20. The van der Waals surface area contributed by atoms with E-state index in [1.54, 1.807) is 0 Å². The Morgan fingerprint density at radius 3 is 2.78 bits per heavy atom. The summed E-state index contributed by atoms with van der Waals surface area (Å²) in [6.45, 7) is 2.52. The fraction of sp³-hybridized carbons (Fsp3) is 1.00. The molecular formula is C6H13NO2. The lowest BCUT2D eigenvalue weighted by Crippen LogP contribution is -2.47. The lowest BCUT2D eigenvalue weighted by Gasteiger charge is -2.30. The maximum Gasteiger partial charge on any atom is 0.0950 e. The van der Waals surface area contributed by atoms with Gasteiger partial charge >= 0.3 is 0 Å². The summed E-state index contributed by atoms with van der Waals surface area (Å²) in [6.07, 6.45) is 0.207. The third-order valence-corrected chi connectivity index (χ3v) is 1.75. The monoisotopic (exact) mass is 131 g/mol. The number of ether oxygens (including phenoxy) is 1. The molecule has 3 heteroatoms. The molecular weight excluding hydrogens is 118 g/mol. The highest BCUT2D eigenvalue weighted by molar-refractivity contribution is 4.80. The van der Waals surface area contributed by atoms with E-state index in [1.807, 2.05) is 6.92 Å². The van der Waals surface area contributed by atoms with Gasteiger partial charge in [0, 0.05) is 12.6 Å². The van der Waals surface area contributed by atoms with Crippen LogP contribution < -0.4 is 5.73 Å². The second-order valence-corrected chi connectivity index (χ2v) is 2.52. The fourth-order valence-corrected chi connectivity index (χ4v) is 1.01. The van der Waals surface area contributed by atoms with Crippen LogP contribution in [0.5, 0.6) is 0 Å². The number of rotatable bonds is 0. The van der Waals surface area contributed by atoms with E-state index >= 15 is 0 Å². The predicted molar refractivity (Wildman–Crippen MR) is 34.0 cm³/mol. The molecule has 0 aliphatic carbocycles. The largest absolute Gasteiger partial charge is 0.389 e. The van der Waals surface area contributed by atoms with E-state index in [-0.39, 0.29) is 12.1 Å². The van der Waals surface area contributed by atoms with E-state index in [0.717, 1.165) is 6.42 Å². The smallest absolute Gasteiger partial charge is 0.0950 e. The summed E-state index contributed by atoms with van der Waals surface area (Å²) in [5.74, 6) is 0. The predicted octanol–water partition coefficient (Wildman–Crippen LogP) is -0.517. The van der Waals surface area contributed by atoms with Crippen molar-refractivity contribution in [1.29, 1.82) is 0 Å². The first-order valence-electron chi connectivity index (χ1n) is 3.27. The molecule has 0 aromatic rings. The first-order valence-corrected chi connectivity index (χ1v) is 3.27. The summed E-state index contributed by atoms with van der Waals surface area (Å²) in [6, 6.07) is -0.0891. The Balaban J connectivity index is 2.41. The van der Waals surface area contributed by atoms with Crippen LogP contribution in [0.3, 0.4) is 0 Å². The maximum atomic E-state index is 9.20. The molecule has 1 aliphatic heterocycles. The summed E-state index contributed by atoms with van der Waals surface area (Å²) in [5.41, 5.74) is 5.54. The van der Waals surface area contributed by atoms with Crippen LogP contribution in [0.4, 0.5) is 0 Å². The second-order valence-electron chi connectivity index (χ2n) is 2.52. The zero-order valence-corrected chi connectivity index (χ0v) is 5.58. The minimum atomic E-state index is -0.473. The Kier molecular flexibility index (Phi) is 2.05. The molecule has 0 radical (unpaired) electrons. The molecule has 3 nitrogen and oxygen atoms in total. The Hall–Kier alpha value is -0.120. The molecule has 54 valence electrons. The van der Waals surface area contributed by atoms with Crippen LogP contribution in [0.15, 0.2) is 0 Å². The maximum absolute atomic E-state index is 9.20. The minimum Gasteiger partial charge on any atom is -0.389 e. The summed E-state index contributed by atoms with van der Waals surface area (Å²) in [4.78, 5) is 0. The summed E-state index contributed by atoms with van der Waals surface area (Å²) >= 11 is 0. The van der Waals surface area contributed by atoms with Crippen molar-refractivity contribution in [2.24, 2.45) is 5.73 Å². The number of aliphatic hydroxyl groups is 1. The van der Waals surface area contributed by atoms with E-state index in [1.165, 1.54) is 0 Å². The molecule has 1 rings (SSSR count). The Labute approximate surface area is 54.8 Å². The molecule has 3 atom stereocenters. The lowest BCUT2D eigenvalue weighted by atomic mass is 10.0. The van der Waals surface area contributed by atoms with Crippen molar-refractivity contribution in [1.82, 2.24) is 0 Å². The number of hydrogen-bond acceptors (Lipinski definition) is 3. The van der Waals surface area contributed by atoms with Gasteiger partial charge in [-0.25, -0.2) is 0 Å². The van der Waals surface area contributed by atoms with Gasteiger partial charge in [0.25, 0.3) is 0 Å². The van der Waals surface area contributed by atoms with Gasteiger partial charge in [0.2, 0.25) is 0 Å². The van der Waals surface area contributed by atoms with E-state index < -0.39 is 6.10 Å². The lowest BCUT2D eigenvalue weighted by molar-refractivity contribution is -0.0739. The molecule has 1 aliphatic rings. The summed E-state index contributed by atoms with van der Waals surface area (Å²) in [7, 11) is 0. The summed E-state index contributed by atoms with van der Waals surface area (Å²) < 4.78 is 5.13. The van der Waals surface area contributed by atoms with Gasteiger partial charge in [-0.3, -0.25) is 0 Å². The Morgan fingerprint density at radius 1 is 1.67 bits per heavy atom. The van der Waals surface area contributed by atoms with Crippen molar-refractivity contribution in [2.75, 3.05) is 6.61 Å². The van der Waals surface area contributed by atoms with Crippen LogP contribution in [-0.4, -0.2) is 30.0 Å². The van der Waals surface area contributed by atoms with Gasteiger partial charge in [0.15, 0.2) is 0 Å². The zero-order chi connectivity index (χ0) is 6.85. The molecule has 2 unspecified atom stereocenters. The van der Waals surface area contributed by atoms with Gasteiger partial charge in [0.1, 0.15) is 0 Å². The molecule has 1 heterocycles. The van der Waals surface area contributed by atoms with Crippen molar-refractivity contribution in [3.8, 4) is 0 Å². The van der Waals surface area contributed by atoms with Gasteiger partial charge in [-0.05, 0) is 13.3 Å². The molecule has 9 heavy (non-hydrogen) atoms. The molecule has 0 aromatic heterocycles. The van der Waals surface area contributed by atoms with E-state index in [0.29, 0.717) is 6.61 Å². The fourth-order valence-electron chi connectivity index (χ4n) is 1.01. The quantitative estimate of drug-likeness (QED) is 0.465. The topological polar surface area (TPSA) is 55.5 Å². The standard InChI is InChI=1S/C6H13NO2/c1-4-6(8)5(7)2-3-9-4/h4-6,8H,2-3,7H2,1H3/t4?,5?,6-/m0/s1. The van der Waals surface area contributed by atoms with Crippen LogP contribution in [0.25, 0.3) is 0 Å². The molecule has 1 saturated heterocycles. The van der Waals surface area contributed by atoms with Crippen LogP contribution in [0.1, 0.15) is 13.3 Å². The van der Waals surface area contributed by atoms with E-state index in [2.05, 4.69) is 0 Å². The number of hydrogen-bond donors (Lipinski definition) is 2. The molecule has 3 N–H and O–H groups in total. The minimum absolute atomic E-state index is 0.0891. The van der Waals surface area contributed by atoms with E-state index in [9.17, 15) is 5.11 Å².